The Labute approximate surface area is 179 Å². The zero-order valence-electron chi connectivity index (χ0n) is 18.0. The van der Waals surface area contributed by atoms with E-state index in [1.54, 1.807) is 24.3 Å². The van der Waals surface area contributed by atoms with Gasteiger partial charge in [0.15, 0.2) is 0 Å². The fourth-order valence-corrected chi connectivity index (χ4v) is 5.68. The molecule has 8 nitrogen and oxygen atoms in total. The van der Waals surface area contributed by atoms with Crippen LogP contribution in [0.25, 0.3) is 0 Å². The topological polar surface area (TPSA) is 90.0 Å². The minimum atomic E-state index is -3.22. The van der Waals surface area contributed by atoms with E-state index < -0.39 is 10.0 Å². The summed E-state index contributed by atoms with van der Waals surface area (Å²) in [6, 6.07) is 7.24. The molecule has 2 saturated heterocycles. The first-order chi connectivity index (χ1) is 14.2. The molecule has 2 heterocycles. The first-order valence-electron chi connectivity index (χ1n) is 10.6. The number of hydrogen-bond donors (Lipinski definition) is 1. The Balaban J connectivity index is 1.53. The summed E-state index contributed by atoms with van der Waals surface area (Å²) in [7, 11) is -1.27. The average Bonchev–Trinajstić information content (AvgIpc) is 3.06. The molecule has 2 aliphatic rings. The minimum absolute atomic E-state index is 0.0195. The van der Waals surface area contributed by atoms with Crippen LogP contribution in [0.2, 0.25) is 0 Å². The molecule has 1 N–H and O–H groups in total. The molecule has 0 spiro atoms. The predicted molar refractivity (Wildman–Crippen MR) is 117 cm³/mol. The van der Waals surface area contributed by atoms with Crippen LogP contribution < -0.4 is 9.62 Å². The van der Waals surface area contributed by atoms with Gasteiger partial charge in [-0.3, -0.25) is 18.8 Å². The minimum Gasteiger partial charge on any atom is -0.353 e. The van der Waals surface area contributed by atoms with Crippen LogP contribution in [0.5, 0.6) is 0 Å². The van der Waals surface area contributed by atoms with Crippen molar-refractivity contribution >= 4 is 27.5 Å². The van der Waals surface area contributed by atoms with Gasteiger partial charge in [-0.15, -0.1) is 0 Å². The summed E-state index contributed by atoms with van der Waals surface area (Å²) in [6.45, 7) is 6.02. The maximum atomic E-state index is 12.9. The Morgan fingerprint density at radius 2 is 1.77 bits per heavy atom. The molecule has 2 aliphatic heterocycles. The van der Waals surface area contributed by atoms with Gasteiger partial charge in [0, 0.05) is 37.3 Å². The highest BCUT2D eigenvalue weighted by Crippen LogP contribution is 2.25. The molecule has 0 aromatic heterocycles. The van der Waals surface area contributed by atoms with Gasteiger partial charge in [-0.2, -0.15) is 0 Å². The molecule has 0 aliphatic carbocycles. The van der Waals surface area contributed by atoms with Gasteiger partial charge in [-0.05, 0) is 64.4 Å². The van der Waals surface area contributed by atoms with Gasteiger partial charge in [0.05, 0.1) is 18.0 Å². The molecular formula is C21H32N4O4S. The number of carbonyl (C=O) groups excluding carboxylic acids is 2. The number of piperidine rings is 1. The first kappa shape index (κ1) is 22.6. The fraction of sp³-hybridized carbons (Fsp3) is 0.619. The van der Waals surface area contributed by atoms with E-state index >= 15 is 0 Å². The number of nitrogens with one attached hydrogen (secondary N) is 1. The normalized spacial score (nSPS) is 19.5. The molecular weight excluding hydrogens is 404 g/mol. The van der Waals surface area contributed by atoms with E-state index in [2.05, 4.69) is 10.2 Å². The van der Waals surface area contributed by atoms with Crippen molar-refractivity contribution < 1.29 is 18.0 Å². The van der Waals surface area contributed by atoms with Gasteiger partial charge in [0.2, 0.25) is 15.9 Å². The number of carbonyl (C=O) groups is 2. The number of benzene rings is 1. The zero-order chi connectivity index (χ0) is 21.9. The van der Waals surface area contributed by atoms with Crippen molar-refractivity contribution in [1.29, 1.82) is 0 Å². The second-order valence-corrected chi connectivity index (χ2v) is 10.5. The van der Waals surface area contributed by atoms with Crippen LogP contribution in [0.15, 0.2) is 24.3 Å². The molecule has 0 bridgehead atoms. The second-order valence-electron chi connectivity index (χ2n) is 8.45. The molecule has 3 rings (SSSR count). The Bertz CT molecular complexity index is 861. The SMILES string of the molecule is CC(C)NC(=O)CN(C)C1CCN(C(=O)c2ccc(N3CCCS3(=O)=O)cc2)CC1. The van der Waals surface area contributed by atoms with Gasteiger partial charge >= 0.3 is 0 Å². The van der Waals surface area contributed by atoms with Gasteiger partial charge < -0.3 is 10.2 Å². The van der Waals surface area contributed by atoms with Crippen LogP contribution in [0.1, 0.15) is 43.5 Å². The van der Waals surface area contributed by atoms with Crippen molar-refractivity contribution in [2.75, 3.05) is 43.3 Å². The van der Waals surface area contributed by atoms with Crippen LogP contribution in [0, 0.1) is 0 Å². The first-order valence-corrected chi connectivity index (χ1v) is 12.2. The number of anilines is 1. The third kappa shape index (κ3) is 5.31. The molecule has 1 aromatic carbocycles. The molecule has 9 heteroatoms. The van der Waals surface area contributed by atoms with Crippen molar-refractivity contribution in [2.45, 2.75) is 45.2 Å². The summed E-state index contributed by atoms with van der Waals surface area (Å²) in [5.74, 6) is 0.159. The molecule has 0 radical (unpaired) electrons. The quantitative estimate of drug-likeness (QED) is 0.726. The zero-order valence-corrected chi connectivity index (χ0v) is 18.8. The highest BCUT2D eigenvalue weighted by atomic mass is 32.2. The van der Waals surface area contributed by atoms with E-state index in [-0.39, 0.29) is 29.7 Å². The summed E-state index contributed by atoms with van der Waals surface area (Å²) in [5, 5.41) is 2.90. The standard InChI is InChI=1S/C21H32N4O4S/c1-16(2)22-20(26)15-23(3)18-9-12-24(13-10-18)21(27)17-5-7-19(8-6-17)25-11-4-14-30(25,28)29/h5-8,16,18H,4,9-15H2,1-3H3,(H,22,26). The Morgan fingerprint density at radius 3 is 2.30 bits per heavy atom. The lowest BCUT2D eigenvalue weighted by Crippen LogP contribution is -2.48. The van der Waals surface area contributed by atoms with E-state index in [0.29, 0.717) is 43.9 Å². The summed E-state index contributed by atoms with van der Waals surface area (Å²) < 4.78 is 25.5. The van der Waals surface area contributed by atoms with Crippen molar-refractivity contribution in [3.63, 3.8) is 0 Å². The highest BCUT2D eigenvalue weighted by molar-refractivity contribution is 7.93. The summed E-state index contributed by atoms with van der Waals surface area (Å²) in [5.41, 5.74) is 1.18. The largest absolute Gasteiger partial charge is 0.353 e. The summed E-state index contributed by atoms with van der Waals surface area (Å²) in [4.78, 5) is 28.7. The van der Waals surface area contributed by atoms with Crippen molar-refractivity contribution in [3.05, 3.63) is 29.8 Å². The number of rotatable bonds is 6. The third-order valence-electron chi connectivity index (χ3n) is 5.72. The fourth-order valence-electron chi connectivity index (χ4n) is 4.12. The molecule has 0 saturated carbocycles. The van der Waals surface area contributed by atoms with Crippen molar-refractivity contribution in [3.8, 4) is 0 Å². The van der Waals surface area contributed by atoms with Crippen LogP contribution in [-0.2, 0) is 14.8 Å². The van der Waals surface area contributed by atoms with Crippen LogP contribution in [0.4, 0.5) is 5.69 Å². The molecule has 0 unspecified atom stereocenters. The van der Waals surface area contributed by atoms with E-state index in [4.69, 9.17) is 0 Å². The Morgan fingerprint density at radius 1 is 1.13 bits per heavy atom. The molecule has 0 atom stereocenters. The number of hydrogen-bond acceptors (Lipinski definition) is 5. The lowest BCUT2D eigenvalue weighted by Gasteiger charge is -2.36. The molecule has 1 aromatic rings. The van der Waals surface area contributed by atoms with Crippen LogP contribution in [-0.4, -0.2) is 81.1 Å². The summed E-state index contributed by atoms with van der Waals surface area (Å²) in [6.07, 6.45) is 2.27. The predicted octanol–water partition coefficient (Wildman–Crippen LogP) is 1.29. The monoisotopic (exact) mass is 436 g/mol. The van der Waals surface area contributed by atoms with Crippen LogP contribution >= 0.6 is 0 Å². The number of likely N-dealkylation sites (tertiary alicyclic amines) is 1. The third-order valence-corrected chi connectivity index (χ3v) is 7.59. The average molecular weight is 437 g/mol. The molecule has 2 fully saturated rings. The summed E-state index contributed by atoms with van der Waals surface area (Å²) >= 11 is 0. The second kappa shape index (κ2) is 9.34. The van der Waals surface area contributed by atoms with Crippen LogP contribution in [0.3, 0.4) is 0 Å². The maximum Gasteiger partial charge on any atom is 0.253 e. The van der Waals surface area contributed by atoms with E-state index in [1.807, 2.05) is 25.8 Å². The Kier molecular flexibility index (Phi) is 7.02. The van der Waals surface area contributed by atoms with Gasteiger partial charge in [-0.1, -0.05) is 0 Å². The number of likely N-dealkylation sites (N-methyl/N-ethyl adjacent to an activating group) is 1. The molecule has 166 valence electrons. The van der Waals surface area contributed by atoms with E-state index in [1.165, 1.54) is 4.31 Å². The number of nitrogens with zero attached hydrogens (tertiary/aromatic N) is 3. The lowest BCUT2D eigenvalue weighted by atomic mass is 10.0. The van der Waals surface area contributed by atoms with Crippen molar-refractivity contribution in [1.82, 2.24) is 15.1 Å². The lowest BCUT2D eigenvalue weighted by molar-refractivity contribution is -0.123. The molecule has 30 heavy (non-hydrogen) atoms. The maximum absolute atomic E-state index is 12.9. The Hall–Kier alpha value is -2.13. The molecule has 2 amide bonds. The van der Waals surface area contributed by atoms with Gasteiger partial charge in [-0.25, -0.2) is 8.42 Å². The van der Waals surface area contributed by atoms with Crippen molar-refractivity contribution in [2.24, 2.45) is 0 Å². The van der Waals surface area contributed by atoms with Gasteiger partial charge in [0.25, 0.3) is 5.91 Å². The van der Waals surface area contributed by atoms with Gasteiger partial charge in [0.1, 0.15) is 0 Å². The number of amides is 2. The smallest absolute Gasteiger partial charge is 0.253 e. The number of sulfonamides is 1. The van der Waals surface area contributed by atoms with E-state index in [0.717, 1.165) is 12.8 Å². The van der Waals surface area contributed by atoms with E-state index in [9.17, 15) is 18.0 Å². The highest BCUT2D eigenvalue weighted by Gasteiger charge is 2.29.